The van der Waals surface area contributed by atoms with E-state index in [0.717, 1.165) is 5.69 Å². The number of hydrogen-bond donors (Lipinski definition) is 1. The summed E-state index contributed by atoms with van der Waals surface area (Å²) in [4.78, 5) is 14.1. The van der Waals surface area contributed by atoms with Crippen LogP contribution in [-0.2, 0) is 15.5 Å². The van der Waals surface area contributed by atoms with E-state index in [1.165, 1.54) is 11.7 Å². The Labute approximate surface area is 118 Å². The van der Waals surface area contributed by atoms with Gasteiger partial charge in [-0.15, -0.1) is 0 Å². The van der Waals surface area contributed by atoms with E-state index in [9.17, 15) is 9.46 Å². The zero-order valence-electron chi connectivity index (χ0n) is 11.2. The summed E-state index contributed by atoms with van der Waals surface area (Å²) in [7, 11) is -2.30. The first-order valence-corrected chi connectivity index (χ1v) is 7.79. The van der Waals surface area contributed by atoms with E-state index in [-0.39, 0.29) is 6.61 Å². The SMILES string of the molecule is CN(c1ccccc1)P(=O)(O)OCCc1ccccn1. The second-order valence-corrected chi connectivity index (χ2v) is 6.09. The van der Waals surface area contributed by atoms with Gasteiger partial charge in [0.05, 0.1) is 6.61 Å². The Bertz CT molecular complexity index is 577. The molecule has 0 saturated carbocycles. The van der Waals surface area contributed by atoms with Crippen LogP contribution in [0.1, 0.15) is 5.69 Å². The highest BCUT2D eigenvalue weighted by molar-refractivity contribution is 7.54. The maximum atomic E-state index is 12.1. The minimum Gasteiger partial charge on any atom is -0.308 e. The molecule has 1 aromatic carbocycles. The molecule has 0 fully saturated rings. The molecule has 5 nitrogen and oxygen atoms in total. The van der Waals surface area contributed by atoms with Crippen LogP contribution >= 0.6 is 7.75 Å². The standard InChI is InChI=1S/C14H17N2O3P/c1-16(14-8-3-2-4-9-14)20(17,18)19-12-10-13-7-5-6-11-15-13/h2-9,11H,10,12H2,1H3,(H,17,18). The van der Waals surface area contributed by atoms with Crippen molar-refractivity contribution in [3.05, 3.63) is 60.4 Å². The Balaban J connectivity index is 1.92. The van der Waals surface area contributed by atoms with E-state index in [1.54, 1.807) is 30.5 Å². The third-order valence-electron chi connectivity index (χ3n) is 2.85. The molecule has 2 rings (SSSR count). The Hall–Kier alpha value is -1.68. The first-order chi connectivity index (χ1) is 9.59. The maximum absolute atomic E-state index is 12.1. The molecule has 0 amide bonds. The third kappa shape index (κ3) is 3.90. The molecule has 2 aromatic rings. The minimum absolute atomic E-state index is 0.141. The summed E-state index contributed by atoms with van der Waals surface area (Å²) in [6.07, 6.45) is 2.18. The normalized spacial score (nSPS) is 13.7. The number of para-hydroxylation sites is 1. The summed E-state index contributed by atoms with van der Waals surface area (Å²) in [5.41, 5.74) is 1.46. The number of benzene rings is 1. The van der Waals surface area contributed by atoms with Crippen molar-refractivity contribution in [1.29, 1.82) is 0 Å². The molecule has 0 aliphatic rings. The summed E-state index contributed by atoms with van der Waals surface area (Å²) in [5.74, 6) is 0. The highest BCUT2D eigenvalue weighted by Gasteiger charge is 2.26. The fourth-order valence-electron chi connectivity index (χ4n) is 1.69. The molecule has 6 heteroatoms. The molecule has 0 aliphatic carbocycles. The molecular weight excluding hydrogens is 275 g/mol. The Morgan fingerprint density at radius 1 is 1.20 bits per heavy atom. The highest BCUT2D eigenvalue weighted by Crippen LogP contribution is 2.47. The second kappa shape index (κ2) is 6.66. The fourth-order valence-corrected chi connectivity index (χ4v) is 2.62. The van der Waals surface area contributed by atoms with Gasteiger partial charge in [0, 0.05) is 31.0 Å². The molecule has 106 valence electrons. The van der Waals surface area contributed by atoms with Crippen LogP contribution in [0.3, 0.4) is 0 Å². The molecule has 0 bridgehead atoms. The van der Waals surface area contributed by atoms with Gasteiger partial charge in [-0.25, -0.2) is 4.57 Å². The molecule has 1 heterocycles. The molecular formula is C14H17N2O3P. The summed E-state index contributed by atoms with van der Waals surface area (Å²) in [5, 5.41) is 0. The van der Waals surface area contributed by atoms with Crippen molar-refractivity contribution in [2.24, 2.45) is 0 Å². The van der Waals surface area contributed by atoms with E-state index >= 15 is 0 Å². The van der Waals surface area contributed by atoms with E-state index in [0.29, 0.717) is 12.1 Å². The van der Waals surface area contributed by atoms with E-state index in [1.807, 2.05) is 24.3 Å². The lowest BCUT2D eigenvalue weighted by molar-refractivity contribution is 0.260. The quantitative estimate of drug-likeness (QED) is 0.829. The van der Waals surface area contributed by atoms with Gasteiger partial charge in [-0.05, 0) is 24.3 Å². The number of anilines is 1. The molecule has 1 unspecified atom stereocenters. The molecule has 0 spiro atoms. The Kier molecular flexibility index (Phi) is 4.90. The lowest BCUT2D eigenvalue weighted by Crippen LogP contribution is -2.16. The number of rotatable bonds is 6. The predicted octanol–water partition coefficient (Wildman–Crippen LogP) is 2.88. The van der Waals surface area contributed by atoms with Crippen LogP contribution in [0.25, 0.3) is 0 Å². The van der Waals surface area contributed by atoms with E-state index in [4.69, 9.17) is 4.52 Å². The van der Waals surface area contributed by atoms with Crippen LogP contribution < -0.4 is 4.67 Å². The molecule has 20 heavy (non-hydrogen) atoms. The van der Waals surface area contributed by atoms with Crippen LogP contribution in [0.15, 0.2) is 54.7 Å². The van der Waals surface area contributed by atoms with E-state index < -0.39 is 7.75 Å². The van der Waals surface area contributed by atoms with Crippen molar-refractivity contribution in [3.63, 3.8) is 0 Å². The van der Waals surface area contributed by atoms with Gasteiger partial charge in [-0.1, -0.05) is 24.3 Å². The zero-order valence-corrected chi connectivity index (χ0v) is 12.1. The van der Waals surface area contributed by atoms with Gasteiger partial charge < -0.3 is 4.89 Å². The first kappa shape index (κ1) is 14.7. The largest absolute Gasteiger partial charge is 0.432 e. The number of hydrogen-bond acceptors (Lipinski definition) is 3. The summed E-state index contributed by atoms with van der Waals surface area (Å²) in [6, 6.07) is 14.5. The van der Waals surface area contributed by atoms with Crippen molar-refractivity contribution < 1.29 is 14.0 Å². The minimum atomic E-state index is -3.84. The lowest BCUT2D eigenvalue weighted by Gasteiger charge is -2.24. The average molecular weight is 292 g/mol. The lowest BCUT2D eigenvalue weighted by atomic mass is 10.3. The van der Waals surface area contributed by atoms with Crippen molar-refractivity contribution in [2.45, 2.75) is 6.42 Å². The monoisotopic (exact) mass is 292 g/mol. The summed E-state index contributed by atoms with van der Waals surface area (Å²) < 4.78 is 18.5. The molecule has 0 aliphatic heterocycles. The van der Waals surface area contributed by atoms with Crippen molar-refractivity contribution in [1.82, 2.24) is 4.98 Å². The average Bonchev–Trinajstić information content (AvgIpc) is 2.48. The van der Waals surface area contributed by atoms with Crippen LogP contribution in [-0.4, -0.2) is 23.5 Å². The van der Waals surface area contributed by atoms with Gasteiger partial charge in [0.1, 0.15) is 0 Å². The molecule has 1 atom stereocenters. The summed E-state index contributed by atoms with van der Waals surface area (Å²) in [6.45, 7) is 0.141. The molecule has 1 aromatic heterocycles. The third-order valence-corrected chi connectivity index (χ3v) is 4.36. The summed E-state index contributed by atoms with van der Waals surface area (Å²) >= 11 is 0. The molecule has 0 saturated heterocycles. The number of aromatic nitrogens is 1. The zero-order chi connectivity index (χ0) is 14.4. The van der Waals surface area contributed by atoms with Gasteiger partial charge in [-0.2, -0.15) is 0 Å². The van der Waals surface area contributed by atoms with Gasteiger partial charge in [0.2, 0.25) is 0 Å². The highest BCUT2D eigenvalue weighted by atomic mass is 31.2. The Morgan fingerprint density at radius 3 is 2.55 bits per heavy atom. The van der Waals surface area contributed by atoms with Gasteiger partial charge in [0.15, 0.2) is 0 Å². The van der Waals surface area contributed by atoms with Crippen LogP contribution in [0.5, 0.6) is 0 Å². The predicted molar refractivity (Wildman–Crippen MR) is 78.6 cm³/mol. The fraction of sp³-hybridized carbons (Fsp3) is 0.214. The van der Waals surface area contributed by atoms with Crippen LogP contribution in [0.2, 0.25) is 0 Å². The van der Waals surface area contributed by atoms with Gasteiger partial charge >= 0.3 is 7.75 Å². The van der Waals surface area contributed by atoms with Crippen molar-refractivity contribution in [2.75, 3.05) is 18.3 Å². The maximum Gasteiger partial charge on any atom is 0.432 e. The first-order valence-electron chi connectivity index (χ1n) is 6.26. The molecule has 0 radical (unpaired) electrons. The van der Waals surface area contributed by atoms with Gasteiger partial charge in [0.25, 0.3) is 0 Å². The number of nitrogens with zero attached hydrogens (tertiary/aromatic N) is 2. The van der Waals surface area contributed by atoms with Crippen LogP contribution in [0.4, 0.5) is 5.69 Å². The molecule has 1 N–H and O–H groups in total. The van der Waals surface area contributed by atoms with Crippen LogP contribution in [0, 0.1) is 0 Å². The topological polar surface area (TPSA) is 62.7 Å². The van der Waals surface area contributed by atoms with Gasteiger partial charge in [-0.3, -0.25) is 14.2 Å². The van der Waals surface area contributed by atoms with E-state index in [2.05, 4.69) is 4.98 Å². The second-order valence-electron chi connectivity index (χ2n) is 4.25. The van der Waals surface area contributed by atoms with Crippen molar-refractivity contribution >= 4 is 13.4 Å². The van der Waals surface area contributed by atoms with Crippen molar-refractivity contribution in [3.8, 4) is 0 Å². The number of pyridine rings is 1. The smallest absolute Gasteiger partial charge is 0.308 e. The Morgan fingerprint density at radius 2 is 1.90 bits per heavy atom.